The third kappa shape index (κ3) is 3.58. The zero-order valence-corrected chi connectivity index (χ0v) is 15.6. The van der Waals surface area contributed by atoms with Crippen molar-refractivity contribution >= 4 is 16.6 Å². The minimum atomic E-state index is -0.438. The highest BCUT2D eigenvalue weighted by Gasteiger charge is 2.15. The van der Waals surface area contributed by atoms with Crippen molar-refractivity contribution < 1.29 is 9.66 Å². The van der Waals surface area contributed by atoms with Crippen LogP contribution in [0.3, 0.4) is 0 Å². The van der Waals surface area contributed by atoms with Gasteiger partial charge in [-0.1, -0.05) is 30.3 Å². The second kappa shape index (κ2) is 7.55. The number of benzene rings is 3. The summed E-state index contributed by atoms with van der Waals surface area (Å²) in [6, 6.07) is 20.6. The molecule has 4 rings (SSSR count). The Bertz CT molecular complexity index is 1280. The molecule has 0 amide bonds. The van der Waals surface area contributed by atoms with Crippen molar-refractivity contribution in [1.29, 1.82) is 0 Å². The first kappa shape index (κ1) is 18.4. The second-order valence-corrected chi connectivity index (χ2v) is 6.49. The lowest BCUT2D eigenvalue weighted by atomic mass is 10.1. The van der Waals surface area contributed by atoms with Gasteiger partial charge in [0.05, 0.1) is 28.6 Å². The molecule has 0 aliphatic rings. The molecule has 0 atom stereocenters. The van der Waals surface area contributed by atoms with E-state index in [1.54, 1.807) is 61.7 Å². The van der Waals surface area contributed by atoms with Gasteiger partial charge in [0, 0.05) is 24.6 Å². The number of hydrogen-bond donors (Lipinski definition) is 0. The lowest BCUT2D eigenvalue weighted by Crippen LogP contribution is -2.24. The summed E-state index contributed by atoms with van der Waals surface area (Å²) in [5.74, 6) is 1.10. The zero-order valence-electron chi connectivity index (χ0n) is 15.6. The van der Waals surface area contributed by atoms with Crippen molar-refractivity contribution in [2.24, 2.45) is 0 Å². The molecule has 0 fully saturated rings. The van der Waals surface area contributed by atoms with Crippen LogP contribution in [0.5, 0.6) is 5.75 Å². The van der Waals surface area contributed by atoms with E-state index >= 15 is 0 Å². The average molecular weight is 387 g/mol. The Hall–Kier alpha value is -4.00. The van der Waals surface area contributed by atoms with Crippen molar-refractivity contribution in [2.75, 3.05) is 7.11 Å². The zero-order chi connectivity index (χ0) is 20.4. The molecule has 0 saturated carbocycles. The van der Waals surface area contributed by atoms with Gasteiger partial charge in [0.15, 0.2) is 0 Å². The molecule has 0 saturated heterocycles. The van der Waals surface area contributed by atoms with Crippen LogP contribution in [0.1, 0.15) is 11.4 Å². The smallest absolute Gasteiger partial charge is 0.269 e. The lowest BCUT2D eigenvalue weighted by molar-refractivity contribution is -0.384. The van der Waals surface area contributed by atoms with E-state index in [1.165, 1.54) is 16.7 Å². The maximum Gasteiger partial charge on any atom is 0.269 e. The van der Waals surface area contributed by atoms with E-state index in [4.69, 9.17) is 4.74 Å². The molecule has 0 spiro atoms. The SMILES string of the molecule is COc1cccc(-n2c(Cc3cccc([N+](=O)[O-])c3)nc3ccccc3c2=O)c1. The van der Waals surface area contributed by atoms with Gasteiger partial charge in [0.2, 0.25) is 0 Å². The summed E-state index contributed by atoms with van der Waals surface area (Å²) in [5, 5.41) is 11.6. The van der Waals surface area contributed by atoms with E-state index in [9.17, 15) is 14.9 Å². The van der Waals surface area contributed by atoms with Crippen molar-refractivity contribution in [3.63, 3.8) is 0 Å². The molecule has 3 aromatic carbocycles. The summed E-state index contributed by atoms with van der Waals surface area (Å²) < 4.78 is 6.82. The fraction of sp³-hybridized carbons (Fsp3) is 0.0909. The van der Waals surface area contributed by atoms with Crippen LogP contribution in [0.15, 0.2) is 77.6 Å². The number of rotatable bonds is 5. The van der Waals surface area contributed by atoms with E-state index in [1.807, 2.05) is 6.07 Å². The molecule has 1 heterocycles. The number of para-hydroxylation sites is 1. The van der Waals surface area contributed by atoms with E-state index < -0.39 is 4.92 Å². The van der Waals surface area contributed by atoms with Crippen LogP contribution in [0.25, 0.3) is 16.6 Å². The van der Waals surface area contributed by atoms with Gasteiger partial charge >= 0.3 is 0 Å². The Morgan fingerprint density at radius 1 is 1.03 bits per heavy atom. The Balaban J connectivity index is 1.93. The first-order valence-corrected chi connectivity index (χ1v) is 8.95. The number of non-ortho nitro benzene ring substituents is 1. The number of hydrogen-bond acceptors (Lipinski definition) is 5. The van der Waals surface area contributed by atoms with Crippen LogP contribution in [0.2, 0.25) is 0 Å². The molecule has 0 N–H and O–H groups in total. The van der Waals surface area contributed by atoms with E-state index in [0.717, 1.165) is 0 Å². The third-order valence-corrected chi connectivity index (χ3v) is 4.64. The summed E-state index contributed by atoms with van der Waals surface area (Å²) in [6.45, 7) is 0. The fourth-order valence-corrected chi connectivity index (χ4v) is 3.28. The van der Waals surface area contributed by atoms with E-state index in [-0.39, 0.29) is 17.7 Å². The lowest BCUT2D eigenvalue weighted by Gasteiger charge is -2.14. The number of nitrogens with zero attached hydrogens (tertiary/aromatic N) is 3. The normalized spacial score (nSPS) is 10.8. The largest absolute Gasteiger partial charge is 0.497 e. The molecule has 0 unspecified atom stereocenters. The molecule has 0 bridgehead atoms. The van der Waals surface area contributed by atoms with Gasteiger partial charge in [0.1, 0.15) is 11.6 Å². The summed E-state index contributed by atoms with van der Waals surface area (Å²) in [5.41, 5.74) is 1.69. The van der Waals surface area contributed by atoms with Crippen LogP contribution in [-0.2, 0) is 6.42 Å². The summed E-state index contributed by atoms with van der Waals surface area (Å²) in [7, 11) is 1.56. The number of methoxy groups -OCH3 is 1. The van der Waals surface area contributed by atoms with Crippen LogP contribution < -0.4 is 10.3 Å². The van der Waals surface area contributed by atoms with Gasteiger partial charge in [-0.2, -0.15) is 0 Å². The third-order valence-electron chi connectivity index (χ3n) is 4.64. The number of fused-ring (bicyclic) bond motifs is 1. The van der Waals surface area contributed by atoms with Crippen molar-refractivity contribution in [3.8, 4) is 11.4 Å². The quantitative estimate of drug-likeness (QED) is 0.383. The van der Waals surface area contributed by atoms with Crippen molar-refractivity contribution in [2.45, 2.75) is 6.42 Å². The number of nitro benzene ring substituents is 1. The van der Waals surface area contributed by atoms with Gasteiger partial charge in [-0.15, -0.1) is 0 Å². The van der Waals surface area contributed by atoms with Crippen LogP contribution in [0, 0.1) is 10.1 Å². The topological polar surface area (TPSA) is 87.3 Å². The first-order valence-electron chi connectivity index (χ1n) is 8.95. The molecule has 144 valence electrons. The Labute approximate surface area is 166 Å². The fourth-order valence-electron chi connectivity index (χ4n) is 3.28. The molecule has 7 nitrogen and oxygen atoms in total. The molecule has 4 aromatic rings. The van der Waals surface area contributed by atoms with Gasteiger partial charge in [-0.05, 0) is 29.8 Å². The Morgan fingerprint density at radius 3 is 2.62 bits per heavy atom. The summed E-state index contributed by atoms with van der Waals surface area (Å²) in [6.07, 6.45) is 0.263. The molecular weight excluding hydrogens is 370 g/mol. The first-order chi connectivity index (χ1) is 14.1. The van der Waals surface area contributed by atoms with Gasteiger partial charge in [-0.25, -0.2) is 4.98 Å². The van der Waals surface area contributed by atoms with Crippen molar-refractivity contribution in [1.82, 2.24) is 9.55 Å². The molecule has 0 aliphatic heterocycles. The molecule has 0 aliphatic carbocycles. The van der Waals surface area contributed by atoms with E-state index in [0.29, 0.717) is 33.7 Å². The Morgan fingerprint density at radius 2 is 1.83 bits per heavy atom. The van der Waals surface area contributed by atoms with Gasteiger partial charge in [0.25, 0.3) is 11.2 Å². The number of nitro groups is 1. The molecule has 29 heavy (non-hydrogen) atoms. The monoisotopic (exact) mass is 387 g/mol. The minimum absolute atomic E-state index is 0.00133. The highest BCUT2D eigenvalue weighted by atomic mass is 16.6. The summed E-state index contributed by atoms with van der Waals surface area (Å²) in [4.78, 5) is 28.7. The van der Waals surface area contributed by atoms with Crippen molar-refractivity contribution in [3.05, 3.63) is 105 Å². The van der Waals surface area contributed by atoms with Gasteiger partial charge < -0.3 is 4.74 Å². The minimum Gasteiger partial charge on any atom is -0.497 e. The maximum atomic E-state index is 13.3. The molecule has 7 heteroatoms. The maximum absolute atomic E-state index is 13.3. The standard InChI is InChI=1S/C22H17N3O4/c1-29-18-9-5-7-16(14-18)24-21(13-15-6-4-8-17(12-15)25(27)28)23-20-11-3-2-10-19(20)22(24)26/h2-12,14H,13H2,1H3. The predicted octanol–water partition coefficient (Wildman–Crippen LogP) is 3.89. The molecule has 1 aromatic heterocycles. The number of aromatic nitrogens is 2. The highest BCUT2D eigenvalue weighted by Crippen LogP contribution is 2.21. The number of ether oxygens (including phenoxy) is 1. The van der Waals surface area contributed by atoms with Gasteiger partial charge in [-0.3, -0.25) is 19.5 Å². The van der Waals surface area contributed by atoms with E-state index in [2.05, 4.69) is 4.98 Å². The molecular formula is C22H17N3O4. The highest BCUT2D eigenvalue weighted by molar-refractivity contribution is 5.78. The van der Waals surface area contributed by atoms with Crippen LogP contribution >= 0.6 is 0 Å². The predicted molar refractivity (Wildman–Crippen MR) is 110 cm³/mol. The molecule has 0 radical (unpaired) electrons. The summed E-state index contributed by atoms with van der Waals surface area (Å²) >= 11 is 0. The second-order valence-electron chi connectivity index (χ2n) is 6.49. The average Bonchev–Trinajstić information content (AvgIpc) is 2.74. The van der Waals surface area contributed by atoms with Crippen LogP contribution in [0.4, 0.5) is 5.69 Å². The van der Waals surface area contributed by atoms with Crippen LogP contribution in [-0.4, -0.2) is 21.6 Å². The Kier molecular flexibility index (Phi) is 4.78.